The minimum absolute atomic E-state index is 0.0106. The van der Waals surface area contributed by atoms with Crippen molar-refractivity contribution in [2.45, 2.75) is 87.1 Å². The Morgan fingerprint density at radius 1 is 0.933 bits per heavy atom. The number of nitrogens with zero attached hydrogens (tertiary/aromatic N) is 2. The van der Waals surface area contributed by atoms with Crippen LogP contribution in [0.25, 0.3) is 0 Å². The number of hydrogen-bond donors (Lipinski definition) is 4. The van der Waals surface area contributed by atoms with E-state index in [0.717, 1.165) is 35.1 Å². The largest absolute Gasteiger partial charge is 0.352 e. The highest BCUT2D eigenvalue weighted by atomic mass is 35.5. The first kappa shape index (κ1) is 39.0. The Labute approximate surface area is 356 Å². The molecule has 308 valence electrons. The number of amides is 5. The number of likely N-dealkylation sites (tertiary alicyclic amines) is 1. The molecule has 14 heteroatoms. The van der Waals surface area contributed by atoms with Crippen LogP contribution in [0.1, 0.15) is 99.0 Å². The molecule has 1 unspecified atom stereocenters. The van der Waals surface area contributed by atoms with Crippen LogP contribution in [0.3, 0.4) is 0 Å². The summed E-state index contributed by atoms with van der Waals surface area (Å²) < 4.78 is 16.2. The number of piperidine rings is 1. The summed E-state index contributed by atoms with van der Waals surface area (Å²) in [6.07, 6.45) is 4.62. The summed E-state index contributed by atoms with van der Waals surface area (Å²) in [6, 6.07) is 22.5. The number of carbonyl (C=O) groups is 5. The van der Waals surface area contributed by atoms with E-state index in [9.17, 15) is 24.0 Å². The monoisotopic (exact) mass is 848 g/mol. The van der Waals surface area contributed by atoms with E-state index in [-0.39, 0.29) is 53.2 Å². The van der Waals surface area contributed by atoms with Gasteiger partial charge in [-0.05, 0) is 103 Å². The first-order chi connectivity index (χ1) is 29.0. The third-order valence-corrected chi connectivity index (χ3v) is 14.1. The van der Waals surface area contributed by atoms with Gasteiger partial charge >= 0.3 is 0 Å². The van der Waals surface area contributed by atoms with Crippen molar-refractivity contribution in [2.24, 2.45) is 5.92 Å². The fourth-order valence-corrected chi connectivity index (χ4v) is 11.0. The second kappa shape index (κ2) is 15.1. The summed E-state index contributed by atoms with van der Waals surface area (Å²) in [5, 5.41) is 12.8. The van der Waals surface area contributed by atoms with Gasteiger partial charge in [0, 0.05) is 77.5 Å². The smallest absolute Gasteiger partial charge is 0.255 e. The Balaban J connectivity index is 0.830. The number of rotatable bonds is 10. The fraction of sp³-hybridized carbons (Fsp3) is 0.370. The number of carbonyl (C=O) groups excluding carboxylic acids is 5. The number of fused-ring (bicyclic) bond motifs is 4. The van der Waals surface area contributed by atoms with Crippen molar-refractivity contribution in [2.75, 3.05) is 18.4 Å². The van der Waals surface area contributed by atoms with Crippen LogP contribution in [-0.2, 0) is 32.9 Å². The Kier molecular flexibility index (Phi) is 9.82. The Hall–Kier alpha value is -5.14. The molecule has 0 radical (unpaired) electrons. The minimum Gasteiger partial charge on any atom is -0.352 e. The van der Waals surface area contributed by atoms with Gasteiger partial charge in [0.1, 0.15) is 17.4 Å². The SMILES string of the molecule is O=C1CCC(N2Cc3c(CCCNC(=O)c4ccc([C@H]5C[C@H]6[C@@H](N5)[C@H](c5cccc(Cl)c5F)[C@]5(C(=O)Nc7cc(Cl)ccc75)N6CC5CC5)cc4)cccc3C2=O)C(=O)N1. The number of hydrogen-bond acceptors (Lipinski definition) is 7. The van der Waals surface area contributed by atoms with Crippen molar-refractivity contribution in [1.29, 1.82) is 0 Å². The zero-order chi connectivity index (χ0) is 41.4. The molecule has 0 aromatic heterocycles. The number of anilines is 1. The minimum atomic E-state index is -1.17. The summed E-state index contributed by atoms with van der Waals surface area (Å²) in [4.78, 5) is 69.1. The predicted octanol–water partition coefficient (Wildman–Crippen LogP) is 6.38. The van der Waals surface area contributed by atoms with Gasteiger partial charge < -0.3 is 20.9 Å². The fourth-order valence-electron chi connectivity index (χ4n) is 10.6. The standard InChI is InChI=1S/C46H43Cl2FN6O5/c47-28-15-16-32-35(20-28)52-45(60)46(32)39(30-7-2-8-33(48)40(30)49)41-37(55(46)22-24-9-10-24)21-34(51-41)26-11-13-27(14-12-26)42(57)50-19-3-5-25-4-1-6-29-31(25)23-54(44(29)59)36-17-18-38(56)53-43(36)58/h1-2,4,6-8,11-16,20,24,34,36-37,39,41,51H,3,5,9-10,17-19,21-23H2,(H,50,57)(H,52,60)(H,53,56,58)/t34-,36?,37+,39+,41-,46-/m1/s1. The van der Waals surface area contributed by atoms with Crippen molar-refractivity contribution < 1.29 is 28.4 Å². The highest BCUT2D eigenvalue weighted by molar-refractivity contribution is 6.31. The maximum atomic E-state index is 16.2. The normalized spacial score (nSPS) is 26.9. The summed E-state index contributed by atoms with van der Waals surface area (Å²) in [6.45, 7) is 1.43. The lowest BCUT2D eigenvalue weighted by Crippen LogP contribution is -2.53. The van der Waals surface area contributed by atoms with Gasteiger partial charge in [-0.2, -0.15) is 0 Å². The molecule has 5 heterocycles. The molecule has 1 aliphatic carbocycles. The molecule has 5 aliphatic heterocycles. The van der Waals surface area contributed by atoms with Gasteiger partial charge in [0.15, 0.2) is 0 Å². The van der Waals surface area contributed by atoms with E-state index in [1.165, 1.54) is 6.07 Å². The van der Waals surface area contributed by atoms with Crippen LogP contribution in [0.4, 0.5) is 10.1 Å². The molecular weight excluding hydrogens is 806 g/mol. The van der Waals surface area contributed by atoms with Gasteiger partial charge in [-0.1, -0.05) is 65.7 Å². The molecule has 10 rings (SSSR count). The third-order valence-electron chi connectivity index (χ3n) is 13.6. The maximum Gasteiger partial charge on any atom is 0.255 e. The number of halogens is 3. The first-order valence-corrected chi connectivity index (χ1v) is 21.5. The molecule has 60 heavy (non-hydrogen) atoms. The average molecular weight is 850 g/mol. The molecule has 4 fully saturated rings. The van der Waals surface area contributed by atoms with Crippen LogP contribution < -0.4 is 21.3 Å². The lowest BCUT2D eigenvalue weighted by Gasteiger charge is -2.41. The van der Waals surface area contributed by atoms with Crippen LogP contribution >= 0.6 is 23.2 Å². The number of benzene rings is 4. The van der Waals surface area contributed by atoms with Gasteiger partial charge in [-0.25, -0.2) is 4.39 Å². The van der Waals surface area contributed by atoms with Crippen LogP contribution in [-0.4, -0.2) is 70.6 Å². The lowest BCUT2D eigenvalue weighted by atomic mass is 9.73. The Morgan fingerprint density at radius 3 is 2.52 bits per heavy atom. The second-order valence-electron chi connectivity index (χ2n) is 17.0. The van der Waals surface area contributed by atoms with Gasteiger partial charge in [0.25, 0.3) is 11.8 Å². The topological polar surface area (TPSA) is 140 Å². The lowest BCUT2D eigenvalue weighted by molar-refractivity contribution is -0.137. The molecule has 5 amide bonds. The molecule has 3 saturated heterocycles. The molecule has 0 bridgehead atoms. The zero-order valence-electron chi connectivity index (χ0n) is 32.6. The van der Waals surface area contributed by atoms with Crippen LogP contribution in [0.2, 0.25) is 10.0 Å². The van der Waals surface area contributed by atoms with E-state index in [2.05, 4.69) is 26.2 Å². The summed E-state index contributed by atoms with van der Waals surface area (Å²) in [7, 11) is 0. The number of aryl methyl sites for hydroxylation is 1. The first-order valence-electron chi connectivity index (χ1n) is 20.7. The molecule has 4 N–H and O–H groups in total. The molecular formula is C46H43Cl2FN6O5. The summed E-state index contributed by atoms with van der Waals surface area (Å²) in [5.41, 5.74) is 4.63. The summed E-state index contributed by atoms with van der Waals surface area (Å²) >= 11 is 12.8. The van der Waals surface area contributed by atoms with Crippen molar-refractivity contribution in [3.05, 3.63) is 134 Å². The van der Waals surface area contributed by atoms with Crippen LogP contribution in [0.15, 0.2) is 78.9 Å². The van der Waals surface area contributed by atoms with Gasteiger partial charge in [0.05, 0.1) is 5.02 Å². The highest BCUT2D eigenvalue weighted by Gasteiger charge is 2.69. The van der Waals surface area contributed by atoms with Crippen LogP contribution in [0.5, 0.6) is 0 Å². The van der Waals surface area contributed by atoms with E-state index in [0.29, 0.717) is 78.6 Å². The van der Waals surface area contributed by atoms with Crippen molar-refractivity contribution in [3.8, 4) is 0 Å². The van der Waals surface area contributed by atoms with Crippen molar-refractivity contribution in [1.82, 2.24) is 25.8 Å². The second-order valence-corrected chi connectivity index (χ2v) is 17.8. The molecule has 1 spiro atoms. The molecule has 6 atom stereocenters. The van der Waals surface area contributed by atoms with Gasteiger partial charge in [0.2, 0.25) is 17.7 Å². The molecule has 4 aromatic carbocycles. The van der Waals surface area contributed by atoms with E-state index in [4.69, 9.17) is 23.2 Å². The van der Waals surface area contributed by atoms with Crippen molar-refractivity contribution >= 4 is 58.4 Å². The van der Waals surface area contributed by atoms with Crippen LogP contribution in [0, 0.1) is 11.7 Å². The van der Waals surface area contributed by atoms with E-state index in [1.807, 2.05) is 42.5 Å². The average Bonchev–Trinajstić information content (AvgIpc) is 3.64. The molecule has 1 saturated carbocycles. The quantitative estimate of drug-likeness (QED) is 0.107. The van der Waals surface area contributed by atoms with E-state index < -0.39 is 29.2 Å². The molecule has 11 nitrogen and oxygen atoms in total. The number of imide groups is 1. The van der Waals surface area contributed by atoms with Crippen molar-refractivity contribution in [3.63, 3.8) is 0 Å². The Bertz CT molecular complexity index is 2480. The summed E-state index contributed by atoms with van der Waals surface area (Å²) in [5.74, 6) is -2.03. The maximum absolute atomic E-state index is 16.2. The highest BCUT2D eigenvalue weighted by Crippen LogP contribution is 2.61. The zero-order valence-corrected chi connectivity index (χ0v) is 34.1. The van der Waals surface area contributed by atoms with Gasteiger partial charge in [-0.3, -0.25) is 34.2 Å². The van der Waals surface area contributed by atoms with Gasteiger partial charge in [-0.15, -0.1) is 0 Å². The van der Waals surface area contributed by atoms with E-state index in [1.54, 1.807) is 35.2 Å². The molecule has 4 aromatic rings. The predicted molar refractivity (Wildman–Crippen MR) is 223 cm³/mol. The van der Waals surface area contributed by atoms with E-state index >= 15 is 4.39 Å². The Morgan fingerprint density at radius 2 is 1.73 bits per heavy atom. The number of nitrogens with one attached hydrogen (secondary N) is 4. The molecule has 6 aliphatic rings. The third kappa shape index (κ3) is 6.42.